The van der Waals surface area contributed by atoms with Gasteiger partial charge < -0.3 is 9.64 Å². The van der Waals surface area contributed by atoms with Crippen molar-refractivity contribution in [2.45, 2.75) is 38.3 Å². The molecule has 0 N–H and O–H groups in total. The number of hydrogen-bond acceptors (Lipinski definition) is 4. The van der Waals surface area contributed by atoms with E-state index < -0.39 is 0 Å². The summed E-state index contributed by atoms with van der Waals surface area (Å²) < 4.78 is 7.50. The van der Waals surface area contributed by atoms with Crippen molar-refractivity contribution in [3.05, 3.63) is 54.4 Å². The Kier molecular flexibility index (Phi) is 4.89. The Bertz CT molecular complexity index is 789. The molecule has 26 heavy (non-hydrogen) atoms. The number of hydrogen-bond donors (Lipinski definition) is 0. The number of likely N-dealkylation sites (tertiary alicyclic amines) is 1. The van der Waals surface area contributed by atoms with Gasteiger partial charge in [-0.3, -0.25) is 4.68 Å². The van der Waals surface area contributed by atoms with Gasteiger partial charge in [-0.1, -0.05) is 37.3 Å². The van der Waals surface area contributed by atoms with Crippen molar-refractivity contribution in [3.8, 4) is 11.1 Å². The smallest absolute Gasteiger partial charge is 0.334 e. The van der Waals surface area contributed by atoms with Gasteiger partial charge in [0.2, 0.25) is 0 Å². The van der Waals surface area contributed by atoms with Crippen molar-refractivity contribution in [3.63, 3.8) is 0 Å². The molecule has 0 spiro atoms. The Labute approximate surface area is 154 Å². The van der Waals surface area contributed by atoms with E-state index in [0.29, 0.717) is 12.0 Å². The number of aromatic nitrogens is 2. The molecule has 1 aromatic carbocycles. The maximum absolute atomic E-state index is 11.7. The van der Waals surface area contributed by atoms with Crippen LogP contribution in [0.3, 0.4) is 0 Å². The van der Waals surface area contributed by atoms with Crippen molar-refractivity contribution >= 4 is 5.97 Å². The fourth-order valence-electron chi connectivity index (χ4n) is 3.83. The van der Waals surface area contributed by atoms with Crippen LogP contribution in [0.5, 0.6) is 0 Å². The SMILES string of the molecule is C=C1CC(c2ccccc2-c2cnn(CCN3CCCCC3)c2)OC1=O. The molecule has 2 fully saturated rings. The lowest BCUT2D eigenvalue weighted by Crippen LogP contribution is -2.32. The minimum atomic E-state index is -0.290. The second-order valence-electron chi connectivity index (χ2n) is 7.18. The van der Waals surface area contributed by atoms with Crippen LogP contribution in [0.4, 0.5) is 0 Å². The highest BCUT2D eigenvalue weighted by Gasteiger charge is 2.30. The van der Waals surface area contributed by atoms with Gasteiger partial charge in [-0.25, -0.2) is 4.79 Å². The number of esters is 1. The zero-order chi connectivity index (χ0) is 17.9. The molecule has 0 radical (unpaired) electrons. The summed E-state index contributed by atoms with van der Waals surface area (Å²) in [6.45, 7) is 8.14. The predicted octanol–water partition coefficient (Wildman–Crippen LogP) is 3.58. The normalized spacial score (nSPS) is 21.2. The van der Waals surface area contributed by atoms with Gasteiger partial charge in [0.15, 0.2) is 0 Å². The highest BCUT2D eigenvalue weighted by molar-refractivity contribution is 5.90. The molecule has 2 saturated heterocycles. The summed E-state index contributed by atoms with van der Waals surface area (Å²) in [5.74, 6) is -0.290. The highest BCUT2D eigenvalue weighted by atomic mass is 16.5. The summed E-state index contributed by atoms with van der Waals surface area (Å²) in [7, 11) is 0. The van der Waals surface area contributed by atoms with E-state index in [0.717, 1.165) is 29.8 Å². The highest BCUT2D eigenvalue weighted by Crippen LogP contribution is 2.37. The maximum Gasteiger partial charge on any atom is 0.334 e. The molecule has 0 saturated carbocycles. The Balaban J connectivity index is 1.49. The number of rotatable bonds is 5. The first-order valence-electron chi connectivity index (χ1n) is 9.43. The minimum absolute atomic E-state index is 0.247. The van der Waals surface area contributed by atoms with Crippen LogP contribution < -0.4 is 0 Å². The van der Waals surface area contributed by atoms with Crippen LogP contribution in [0.1, 0.15) is 37.4 Å². The molecule has 0 aliphatic carbocycles. The summed E-state index contributed by atoms with van der Waals surface area (Å²) in [5.41, 5.74) is 3.70. The van der Waals surface area contributed by atoms with Crippen LogP contribution in [-0.4, -0.2) is 40.3 Å². The van der Waals surface area contributed by atoms with E-state index in [2.05, 4.69) is 28.8 Å². The number of ether oxygens (including phenoxy) is 1. The van der Waals surface area contributed by atoms with Crippen molar-refractivity contribution in [1.82, 2.24) is 14.7 Å². The average molecular weight is 351 g/mol. The van der Waals surface area contributed by atoms with E-state index in [9.17, 15) is 4.79 Å². The number of benzene rings is 1. The molecule has 5 heteroatoms. The van der Waals surface area contributed by atoms with Gasteiger partial charge >= 0.3 is 5.97 Å². The van der Waals surface area contributed by atoms with Gasteiger partial charge in [-0.2, -0.15) is 5.10 Å². The van der Waals surface area contributed by atoms with Crippen LogP contribution in [0.2, 0.25) is 0 Å². The largest absolute Gasteiger partial charge is 0.454 e. The molecule has 0 bridgehead atoms. The topological polar surface area (TPSA) is 47.4 Å². The molecule has 4 rings (SSSR count). The molecular formula is C21H25N3O2. The van der Waals surface area contributed by atoms with Gasteiger partial charge in [0.25, 0.3) is 0 Å². The Hall–Kier alpha value is -2.40. The van der Waals surface area contributed by atoms with Gasteiger partial charge in [0, 0.05) is 35.9 Å². The Morgan fingerprint density at radius 1 is 1.15 bits per heavy atom. The minimum Gasteiger partial charge on any atom is -0.454 e. The van der Waals surface area contributed by atoms with E-state index in [1.54, 1.807) is 0 Å². The molecular weight excluding hydrogens is 326 g/mol. The summed E-state index contributed by atoms with van der Waals surface area (Å²) in [4.78, 5) is 14.2. The number of piperidine rings is 1. The summed E-state index contributed by atoms with van der Waals surface area (Å²) in [6.07, 6.45) is 8.28. The van der Waals surface area contributed by atoms with E-state index in [4.69, 9.17) is 4.74 Å². The van der Waals surface area contributed by atoms with E-state index in [-0.39, 0.29) is 12.1 Å². The monoisotopic (exact) mass is 351 g/mol. The number of carbonyl (C=O) groups excluding carboxylic acids is 1. The molecule has 0 amide bonds. The number of nitrogens with zero attached hydrogens (tertiary/aromatic N) is 3. The Morgan fingerprint density at radius 3 is 2.73 bits per heavy atom. The van der Waals surface area contributed by atoms with E-state index in [1.807, 2.05) is 29.1 Å². The first-order valence-corrected chi connectivity index (χ1v) is 9.43. The van der Waals surface area contributed by atoms with Crippen molar-refractivity contribution in [2.75, 3.05) is 19.6 Å². The van der Waals surface area contributed by atoms with Crippen LogP contribution in [-0.2, 0) is 16.1 Å². The average Bonchev–Trinajstić information content (AvgIpc) is 3.28. The molecule has 2 aliphatic heterocycles. The van der Waals surface area contributed by atoms with Crippen LogP contribution >= 0.6 is 0 Å². The standard InChI is InChI=1S/C21H25N3O2/c1-16-13-20(26-21(16)25)19-8-4-3-7-18(19)17-14-22-24(15-17)12-11-23-9-5-2-6-10-23/h3-4,7-8,14-15,20H,1-2,5-6,9-13H2. The fraction of sp³-hybridized carbons (Fsp3) is 0.429. The predicted molar refractivity (Wildman–Crippen MR) is 101 cm³/mol. The molecule has 2 aromatic rings. The molecule has 2 aliphatic rings. The van der Waals surface area contributed by atoms with Gasteiger partial charge in [0.05, 0.1) is 12.7 Å². The molecule has 1 unspecified atom stereocenters. The van der Waals surface area contributed by atoms with Crippen LogP contribution in [0.25, 0.3) is 11.1 Å². The van der Waals surface area contributed by atoms with Gasteiger partial charge in [0.1, 0.15) is 6.10 Å². The van der Waals surface area contributed by atoms with E-state index in [1.165, 1.54) is 32.4 Å². The first kappa shape index (κ1) is 17.0. The second-order valence-corrected chi connectivity index (χ2v) is 7.18. The first-order chi connectivity index (χ1) is 12.7. The fourth-order valence-corrected chi connectivity index (χ4v) is 3.83. The van der Waals surface area contributed by atoms with E-state index >= 15 is 0 Å². The van der Waals surface area contributed by atoms with Crippen LogP contribution in [0, 0.1) is 0 Å². The number of carbonyl (C=O) groups is 1. The third-order valence-electron chi connectivity index (χ3n) is 5.32. The lowest BCUT2D eigenvalue weighted by Gasteiger charge is -2.26. The van der Waals surface area contributed by atoms with Crippen molar-refractivity contribution in [1.29, 1.82) is 0 Å². The van der Waals surface area contributed by atoms with Gasteiger partial charge in [-0.15, -0.1) is 0 Å². The maximum atomic E-state index is 11.7. The zero-order valence-corrected chi connectivity index (χ0v) is 15.1. The summed E-state index contributed by atoms with van der Waals surface area (Å²) in [5, 5.41) is 4.54. The quantitative estimate of drug-likeness (QED) is 0.610. The zero-order valence-electron chi connectivity index (χ0n) is 15.1. The second kappa shape index (κ2) is 7.46. The number of cyclic esters (lactones) is 1. The lowest BCUT2D eigenvalue weighted by molar-refractivity contribution is -0.139. The lowest BCUT2D eigenvalue weighted by atomic mass is 9.96. The van der Waals surface area contributed by atoms with Crippen molar-refractivity contribution in [2.24, 2.45) is 0 Å². The Morgan fingerprint density at radius 2 is 1.96 bits per heavy atom. The molecule has 1 aromatic heterocycles. The molecule has 3 heterocycles. The van der Waals surface area contributed by atoms with Gasteiger partial charge in [-0.05, 0) is 31.5 Å². The van der Waals surface area contributed by atoms with Crippen LogP contribution in [0.15, 0.2) is 48.8 Å². The molecule has 136 valence electrons. The third kappa shape index (κ3) is 3.58. The van der Waals surface area contributed by atoms with Crippen molar-refractivity contribution < 1.29 is 9.53 Å². The summed E-state index contributed by atoms with van der Waals surface area (Å²) >= 11 is 0. The summed E-state index contributed by atoms with van der Waals surface area (Å²) in [6, 6.07) is 8.08. The molecule has 1 atom stereocenters. The molecule has 5 nitrogen and oxygen atoms in total. The third-order valence-corrected chi connectivity index (χ3v) is 5.32.